The van der Waals surface area contributed by atoms with Crippen LogP contribution in [0.1, 0.15) is 11.1 Å². The van der Waals surface area contributed by atoms with Crippen LogP contribution in [0.3, 0.4) is 0 Å². The van der Waals surface area contributed by atoms with Gasteiger partial charge in [0, 0.05) is 10.7 Å². The van der Waals surface area contributed by atoms with E-state index in [9.17, 15) is 12.8 Å². The molecule has 1 aromatic rings. The van der Waals surface area contributed by atoms with E-state index in [-0.39, 0.29) is 5.56 Å². The van der Waals surface area contributed by atoms with E-state index in [2.05, 4.69) is 0 Å². The Morgan fingerprint density at radius 2 is 2.07 bits per heavy atom. The molecule has 0 saturated carbocycles. The third kappa shape index (κ3) is 2.03. The van der Waals surface area contributed by atoms with Crippen molar-refractivity contribution in [3.8, 4) is 6.07 Å². The van der Waals surface area contributed by atoms with E-state index in [4.69, 9.17) is 15.9 Å². The molecule has 74 valence electrons. The quantitative estimate of drug-likeness (QED) is 0.697. The van der Waals surface area contributed by atoms with Crippen molar-refractivity contribution in [2.45, 2.75) is 11.8 Å². The number of hydrogen-bond acceptors (Lipinski definition) is 3. The molecular formula is C8H5ClFNO2S. The lowest BCUT2D eigenvalue weighted by Crippen LogP contribution is -1.98. The van der Waals surface area contributed by atoms with Crippen molar-refractivity contribution in [1.29, 1.82) is 5.26 Å². The molecule has 0 heterocycles. The van der Waals surface area contributed by atoms with Gasteiger partial charge in [-0.25, -0.2) is 12.8 Å². The number of rotatable bonds is 1. The van der Waals surface area contributed by atoms with E-state index < -0.39 is 19.8 Å². The van der Waals surface area contributed by atoms with Crippen LogP contribution in [0.5, 0.6) is 0 Å². The summed E-state index contributed by atoms with van der Waals surface area (Å²) in [6, 6.07) is 3.63. The fourth-order valence-electron chi connectivity index (χ4n) is 0.960. The summed E-state index contributed by atoms with van der Waals surface area (Å²) in [5, 5.41) is 8.59. The van der Waals surface area contributed by atoms with Gasteiger partial charge in [-0.3, -0.25) is 0 Å². The number of aryl methyl sites for hydroxylation is 1. The molecule has 0 aliphatic heterocycles. The molecule has 0 radical (unpaired) electrons. The maximum atomic E-state index is 13.1. The molecule has 1 rings (SSSR count). The number of halogens is 2. The first-order chi connectivity index (χ1) is 6.36. The average molecular weight is 234 g/mol. The van der Waals surface area contributed by atoms with Gasteiger partial charge in [0.05, 0.1) is 11.6 Å². The van der Waals surface area contributed by atoms with Crippen LogP contribution in [-0.4, -0.2) is 8.42 Å². The minimum atomic E-state index is -4.14. The lowest BCUT2D eigenvalue weighted by molar-refractivity contribution is 0.574. The molecule has 3 nitrogen and oxygen atoms in total. The first-order valence-electron chi connectivity index (χ1n) is 3.51. The minimum Gasteiger partial charge on any atom is -0.207 e. The first-order valence-corrected chi connectivity index (χ1v) is 5.82. The molecule has 0 atom stereocenters. The number of nitrogens with zero attached hydrogens (tertiary/aromatic N) is 1. The van der Waals surface area contributed by atoms with Gasteiger partial charge in [0.2, 0.25) is 0 Å². The molecule has 1 aromatic carbocycles. The summed E-state index contributed by atoms with van der Waals surface area (Å²) in [4.78, 5) is -0.665. The molecule has 0 bridgehead atoms. The van der Waals surface area contributed by atoms with Crippen LogP contribution >= 0.6 is 10.7 Å². The zero-order chi connectivity index (χ0) is 10.9. The van der Waals surface area contributed by atoms with Crippen LogP contribution in [0.25, 0.3) is 0 Å². The standard InChI is InChI=1S/C8H5ClFNO2S/c1-5-2-7(10)8(14(9,12)13)3-6(5)4-11/h2-3H,1H3. The van der Waals surface area contributed by atoms with Crippen LogP contribution in [0.2, 0.25) is 0 Å². The van der Waals surface area contributed by atoms with Gasteiger partial charge in [-0.2, -0.15) is 5.26 Å². The minimum absolute atomic E-state index is 0.0885. The van der Waals surface area contributed by atoms with Crippen LogP contribution in [0, 0.1) is 24.1 Å². The first kappa shape index (κ1) is 11.0. The zero-order valence-electron chi connectivity index (χ0n) is 7.08. The molecule has 0 amide bonds. The van der Waals surface area contributed by atoms with Crippen molar-refractivity contribution in [3.63, 3.8) is 0 Å². The SMILES string of the molecule is Cc1cc(F)c(S(=O)(=O)Cl)cc1C#N. The van der Waals surface area contributed by atoms with E-state index >= 15 is 0 Å². The second kappa shape index (κ2) is 3.56. The molecule has 14 heavy (non-hydrogen) atoms. The van der Waals surface area contributed by atoms with Gasteiger partial charge in [0.1, 0.15) is 10.7 Å². The summed E-state index contributed by atoms with van der Waals surface area (Å²) < 4.78 is 34.8. The van der Waals surface area contributed by atoms with Crippen molar-refractivity contribution < 1.29 is 12.8 Å². The molecule has 0 fully saturated rings. The highest BCUT2D eigenvalue weighted by Gasteiger charge is 2.17. The summed E-state index contributed by atoms with van der Waals surface area (Å²) >= 11 is 0. The Hall–Kier alpha value is -1.12. The Morgan fingerprint density at radius 1 is 1.50 bits per heavy atom. The molecule has 0 aromatic heterocycles. The highest BCUT2D eigenvalue weighted by Crippen LogP contribution is 2.22. The fraction of sp³-hybridized carbons (Fsp3) is 0.125. The van der Waals surface area contributed by atoms with Gasteiger partial charge in [0.25, 0.3) is 9.05 Å². The smallest absolute Gasteiger partial charge is 0.207 e. The summed E-state index contributed by atoms with van der Waals surface area (Å²) in [7, 11) is 0.831. The second-order valence-corrected chi connectivity index (χ2v) is 5.18. The van der Waals surface area contributed by atoms with Gasteiger partial charge in [-0.1, -0.05) is 0 Å². The second-order valence-electron chi connectivity index (χ2n) is 2.65. The molecule has 0 aliphatic rings. The van der Waals surface area contributed by atoms with E-state index in [0.717, 1.165) is 12.1 Å². The Kier molecular flexibility index (Phi) is 2.79. The van der Waals surface area contributed by atoms with Gasteiger partial charge in [-0.15, -0.1) is 0 Å². The van der Waals surface area contributed by atoms with Crippen molar-refractivity contribution in [1.82, 2.24) is 0 Å². The predicted molar refractivity (Wildman–Crippen MR) is 48.9 cm³/mol. The molecule has 6 heteroatoms. The highest BCUT2D eigenvalue weighted by atomic mass is 35.7. The zero-order valence-corrected chi connectivity index (χ0v) is 8.66. The molecule has 0 saturated heterocycles. The monoisotopic (exact) mass is 233 g/mol. The van der Waals surface area contributed by atoms with Crippen molar-refractivity contribution >= 4 is 19.7 Å². The van der Waals surface area contributed by atoms with E-state index in [0.29, 0.717) is 5.56 Å². The topological polar surface area (TPSA) is 57.9 Å². The van der Waals surface area contributed by atoms with E-state index in [1.54, 1.807) is 6.07 Å². The number of benzene rings is 1. The third-order valence-corrected chi connectivity index (χ3v) is 3.00. The summed E-state index contributed by atoms with van der Waals surface area (Å²) in [6.45, 7) is 1.51. The number of hydrogen-bond donors (Lipinski definition) is 0. The van der Waals surface area contributed by atoms with Crippen LogP contribution in [0.15, 0.2) is 17.0 Å². The Labute approximate surface area is 85.2 Å². The maximum Gasteiger partial charge on any atom is 0.264 e. The van der Waals surface area contributed by atoms with E-state index in [1.165, 1.54) is 6.92 Å². The van der Waals surface area contributed by atoms with Gasteiger partial charge in [-0.05, 0) is 24.6 Å². The summed E-state index contributed by atoms with van der Waals surface area (Å²) in [5.41, 5.74) is 0.458. The Balaban J connectivity index is 3.58. The number of nitriles is 1. The lowest BCUT2D eigenvalue weighted by atomic mass is 10.1. The molecular weight excluding hydrogens is 229 g/mol. The summed E-state index contributed by atoms with van der Waals surface area (Å²) in [6.07, 6.45) is 0. The van der Waals surface area contributed by atoms with Crippen molar-refractivity contribution in [3.05, 3.63) is 29.1 Å². The maximum absolute atomic E-state index is 13.1. The van der Waals surface area contributed by atoms with Crippen LogP contribution in [-0.2, 0) is 9.05 Å². The molecule has 0 aliphatic carbocycles. The molecule has 0 spiro atoms. The van der Waals surface area contributed by atoms with Crippen LogP contribution in [0.4, 0.5) is 4.39 Å². The van der Waals surface area contributed by atoms with Crippen molar-refractivity contribution in [2.75, 3.05) is 0 Å². The van der Waals surface area contributed by atoms with Gasteiger partial charge >= 0.3 is 0 Å². The Bertz CT molecular complexity index is 519. The summed E-state index contributed by atoms with van der Waals surface area (Å²) in [5.74, 6) is -0.948. The third-order valence-electron chi connectivity index (χ3n) is 1.66. The average Bonchev–Trinajstić information content (AvgIpc) is 2.02. The largest absolute Gasteiger partial charge is 0.264 e. The molecule has 0 unspecified atom stereocenters. The predicted octanol–water partition coefficient (Wildman–Crippen LogP) is 1.93. The van der Waals surface area contributed by atoms with E-state index in [1.807, 2.05) is 0 Å². The fourth-order valence-corrected chi connectivity index (χ4v) is 1.87. The lowest BCUT2D eigenvalue weighted by Gasteiger charge is -2.01. The van der Waals surface area contributed by atoms with Crippen molar-refractivity contribution in [2.24, 2.45) is 0 Å². The van der Waals surface area contributed by atoms with Gasteiger partial charge < -0.3 is 0 Å². The highest BCUT2D eigenvalue weighted by molar-refractivity contribution is 8.13. The van der Waals surface area contributed by atoms with Crippen LogP contribution < -0.4 is 0 Å². The van der Waals surface area contributed by atoms with Gasteiger partial charge in [0.15, 0.2) is 0 Å². The normalized spacial score (nSPS) is 11.0. The molecule has 0 N–H and O–H groups in total. The Morgan fingerprint density at radius 3 is 2.50 bits per heavy atom.